The Morgan fingerprint density at radius 3 is 2.55 bits per heavy atom. The van der Waals surface area contributed by atoms with Gasteiger partial charge in [-0.2, -0.15) is 4.39 Å². The van der Waals surface area contributed by atoms with Crippen LogP contribution in [0.1, 0.15) is 43.6 Å². The van der Waals surface area contributed by atoms with Crippen molar-refractivity contribution in [2.45, 2.75) is 39.2 Å². The monoisotopic (exact) mass is 394 g/mol. The summed E-state index contributed by atoms with van der Waals surface area (Å²) in [6.45, 7) is 8.89. The highest BCUT2D eigenvalue weighted by Gasteiger charge is 2.16. The van der Waals surface area contributed by atoms with Gasteiger partial charge in [-0.05, 0) is 60.0 Å². The summed E-state index contributed by atoms with van der Waals surface area (Å²) in [5.74, 6) is -0.761. The number of benzene rings is 1. The topological polar surface area (TPSA) is 66.0 Å². The molecule has 1 aliphatic heterocycles. The highest BCUT2D eigenvalue weighted by atomic mass is 19.1. The van der Waals surface area contributed by atoms with Crippen LogP contribution in [-0.4, -0.2) is 23.5 Å². The molecule has 1 aromatic carbocycles. The number of nitrogens with one attached hydrogen (secondary N) is 3. The standard InChI is InChI=1S/C23H27FN4O/c1-15-13-16(11-12-25-15)14-26-21-19(9-10-20(24)28-21)22(29)27-18-7-5-17(6-8-18)23(2,3)4/h5-13,15,25H,14H2,1-4H3,(H,26,28)(H,27,29). The first-order valence-corrected chi connectivity index (χ1v) is 9.68. The average Bonchev–Trinajstić information content (AvgIpc) is 2.66. The lowest BCUT2D eigenvalue weighted by atomic mass is 9.87. The number of hydrogen-bond donors (Lipinski definition) is 3. The minimum atomic E-state index is -0.637. The van der Waals surface area contributed by atoms with E-state index in [1.807, 2.05) is 43.5 Å². The summed E-state index contributed by atoms with van der Waals surface area (Å²) in [4.78, 5) is 16.7. The molecule has 1 unspecified atom stereocenters. The molecule has 0 saturated heterocycles. The Bertz CT molecular complexity index is 942. The number of rotatable bonds is 5. The van der Waals surface area contributed by atoms with E-state index in [2.05, 4.69) is 47.8 Å². The van der Waals surface area contributed by atoms with Gasteiger partial charge in [0.2, 0.25) is 5.95 Å². The third kappa shape index (κ3) is 5.44. The van der Waals surface area contributed by atoms with Gasteiger partial charge < -0.3 is 16.0 Å². The van der Waals surface area contributed by atoms with E-state index in [0.717, 1.165) is 5.57 Å². The van der Waals surface area contributed by atoms with E-state index in [0.29, 0.717) is 12.2 Å². The second-order valence-corrected chi connectivity index (χ2v) is 8.20. The molecule has 152 valence electrons. The Hall–Kier alpha value is -3.15. The number of pyridine rings is 1. The van der Waals surface area contributed by atoms with Crippen LogP contribution >= 0.6 is 0 Å². The quantitative estimate of drug-likeness (QED) is 0.648. The molecule has 1 aromatic heterocycles. The number of carbonyl (C=O) groups excluding carboxylic acids is 1. The van der Waals surface area contributed by atoms with Gasteiger partial charge in [0.25, 0.3) is 5.91 Å². The molecular weight excluding hydrogens is 367 g/mol. The number of dihydropyridines is 1. The fourth-order valence-electron chi connectivity index (χ4n) is 3.04. The van der Waals surface area contributed by atoms with E-state index in [1.54, 1.807) is 0 Å². The minimum Gasteiger partial charge on any atom is -0.385 e. The van der Waals surface area contributed by atoms with E-state index in [9.17, 15) is 9.18 Å². The number of carbonyl (C=O) groups is 1. The lowest BCUT2D eigenvalue weighted by Crippen LogP contribution is -2.23. The Labute approximate surface area is 171 Å². The summed E-state index contributed by atoms with van der Waals surface area (Å²) in [5.41, 5.74) is 3.22. The molecule has 0 aliphatic carbocycles. The van der Waals surface area contributed by atoms with Crippen molar-refractivity contribution in [1.29, 1.82) is 0 Å². The summed E-state index contributed by atoms with van der Waals surface area (Å²) < 4.78 is 13.7. The second kappa shape index (κ2) is 8.47. The van der Waals surface area contributed by atoms with Crippen molar-refractivity contribution in [3.8, 4) is 0 Å². The summed E-state index contributed by atoms with van der Waals surface area (Å²) in [7, 11) is 0. The SMILES string of the molecule is CC1C=C(CNc2nc(F)ccc2C(=O)Nc2ccc(C(C)(C)C)cc2)C=CN1. The van der Waals surface area contributed by atoms with Crippen LogP contribution in [0.4, 0.5) is 15.9 Å². The lowest BCUT2D eigenvalue weighted by Gasteiger charge is -2.19. The largest absolute Gasteiger partial charge is 0.385 e. The number of anilines is 2. The third-order valence-electron chi connectivity index (χ3n) is 4.70. The third-order valence-corrected chi connectivity index (χ3v) is 4.70. The zero-order valence-corrected chi connectivity index (χ0v) is 17.2. The van der Waals surface area contributed by atoms with Crippen molar-refractivity contribution in [1.82, 2.24) is 10.3 Å². The molecule has 1 amide bonds. The minimum absolute atomic E-state index is 0.0375. The maximum Gasteiger partial charge on any atom is 0.259 e. The Balaban J connectivity index is 1.74. The predicted octanol–water partition coefficient (Wildman–Crippen LogP) is 4.61. The van der Waals surface area contributed by atoms with Gasteiger partial charge >= 0.3 is 0 Å². The first kappa shape index (κ1) is 20.6. The fraction of sp³-hybridized carbons (Fsp3) is 0.304. The molecule has 3 rings (SSSR count). The Morgan fingerprint density at radius 1 is 1.17 bits per heavy atom. The van der Waals surface area contributed by atoms with Gasteiger partial charge in [0.05, 0.1) is 5.56 Å². The number of hydrogen-bond acceptors (Lipinski definition) is 4. The Kier molecular flexibility index (Phi) is 6.01. The van der Waals surface area contributed by atoms with Crippen LogP contribution in [0.5, 0.6) is 0 Å². The van der Waals surface area contributed by atoms with E-state index < -0.39 is 5.95 Å². The van der Waals surface area contributed by atoms with Crippen molar-refractivity contribution in [2.75, 3.05) is 17.2 Å². The van der Waals surface area contributed by atoms with Crippen LogP contribution < -0.4 is 16.0 Å². The van der Waals surface area contributed by atoms with Crippen molar-refractivity contribution in [3.05, 3.63) is 77.4 Å². The molecule has 2 heterocycles. The van der Waals surface area contributed by atoms with Crippen LogP contribution in [-0.2, 0) is 5.41 Å². The van der Waals surface area contributed by atoms with Crippen molar-refractivity contribution in [3.63, 3.8) is 0 Å². The summed E-state index contributed by atoms with van der Waals surface area (Å²) in [6.07, 6.45) is 5.86. The van der Waals surface area contributed by atoms with Crippen LogP contribution in [0.2, 0.25) is 0 Å². The van der Waals surface area contributed by atoms with Gasteiger partial charge in [-0.1, -0.05) is 39.0 Å². The van der Waals surface area contributed by atoms with Crippen LogP contribution in [0.15, 0.2) is 60.3 Å². The number of halogens is 1. The summed E-state index contributed by atoms with van der Waals surface area (Å²) >= 11 is 0. The van der Waals surface area contributed by atoms with Crippen molar-refractivity contribution in [2.24, 2.45) is 0 Å². The predicted molar refractivity (Wildman–Crippen MR) is 116 cm³/mol. The van der Waals surface area contributed by atoms with Crippen LogP contribution in [0, 0.1) is 5.95 Å². The van der Waals surface area contributed by atoms with Gasteiger partial charge in [0, 0.05) is 18.3 Å². The molecule has 0 fully saturated rings. The number of amides is 1. The van der Waals surface area contributed by atoms with Crippen LogP contribution in [0.25, 0.3) is 0 Å². The molecule has 5 nitrogen and oxygen atoms in total. The molecule has 3 N–H and O–H groups in total. The molecule has 0 bridgehead atoms. The molecule has 1 aliphatic rings. The van der Waals surface area contributed by atoms with E-state index >= 15 is 0 Å². The zero-order valence-electron chi connectivity index (χ0n) is 17.2. The summed E-state index contributed by atoms with van der Waals surface area (Å²) in [5, 5.41) is 9.11. The molecule has 0 saturated carbocycles. The van der Waals surface area contributed by atoms with E-state index in [1.165, 1.54) is 17.7 Å². The molecular formula is C23H27FN4O. The molecule has 0 radical (unpaired) electrons. The maximum atomic E-state index is 13.7. The molecule has 29 heavy (non-hydrogen) atoms. The highest BCUT2D eigenvalue weighted by Crippen LogP contribution is 2.24. The van der Waals surface area contributed by atoms with Gasteiger partial charge in [0.1, 0.15) is 5.82 Å². The van der Waals surface area contributed by atoms with Gasteiger partial charge in [-0.15, -0.1) is 0 Å². The fourth-order valence-corrected chi connectivity index (χ4v) is 3.04. The first-order valence-electron chi connectivity index (χ1n) is 9.68. The van der Waals surface area contributed by atoms with E-state index in [4.69, 9.17) is 0 Å². The molecule has 6 heteroatoms. The lowest BCUT2D eigenvalue weighted by molar-refractivity contribution is 0.102. The second-order valence-electron chi connectivity index (χ2n) is 8.20. The Morgan fingerprint density at radius 2 is 1.90 bits per heavy atom. The van der Waals surface area contributed by atoms with Crippen LogP contribution in [0.3, 0.4) is 0 Å². The summed E-state index contributed by atoms with van der Waals surface area (Å²) in [6, 6.07) is 10.6. The first-order chi connectivity index (χ1) is 13.7. The van der Waals surface area contributed by atoms with E-state index in [-0.39, 0.29) is 28.7 Å². The molecule has 0 spiro atoms. The zero-order chi connectivity index (χ0) is 21.0. The molecule has 1 atom stereocenters. The highest BCUT2D eigenvalue weighted by molar-refractivity contribution is 6.07. The number of nitrogens with zero attached hydrogens (tertiary/aromatic N) is 1. The normalized spacial score (nSPS) is 16.0. The van der Waals surface area contributed by atoms with Gasteiger partial charge in [-0.3, -0.25) is 4.79 Å². The smallest absolute Gasteiger partial charge is 0.259 e. The van der Waals surface area contributed by atoms with Gasteiger partial charge in [-0.25, -0.2) is 4.98 Å². The maximum absolute atomic E-state index is 13.7. The average molecular weight is 394 g/mol. The van der Waals surface area contributed by atoms with Crippen molar-refractivity contribution >= 4 is 17.4 Å². The molecule has 2 aromatic rings. The van der Waals surface area contributed by atoms with Crippen molar-refractivity contribution < 1.29 is 9.18 Å². The van der Waals surface area contributed by atoms with Gasteiger partial charge in [0.15, 0.2) is 0 Å². The number of aromatic nitrogens is 1.